The van der Waals surface area contributed by atoms with Gasteiger partial charge in [-0.05, 0) is 72.7 Å². The Kier molecular flexibility index (Phi) is 5.32. The maximum Gasteiger partial charge on any atom is 0.233 e. The first kappa shape index (κ1) is 19.5. The Hall–Kier alpha value is -2.80. The molecule has 1 saturated carbocycles. The van der Waals surface area contributed by atoms with E-state index in [2.05, 4.69) is 15.6 Å². The fourth-order valence-electron chi connectivity index (χ4n) is 4.12. The average molecular weight is 401 g/mol. The Morgan fingerprint density at radius 1 is 1.10 bits per heavy atom. The number of aromatic amines is 1. The van der Waals surface area contributed by atoms with Crippen molar-refractivity contribution < 1.29 is 18.0 Å². The topological polar surface area (TPSA) is 56.9 Å². The van der Waals surface area contributed by atoms with Crippen LogP contribution in [0.25, 0.3) is 22.2 Å². The van der Waals surface area contributed by atoms with Crippen molar-refractivity contribution in [3.63, 3.8) is 0 Å². The van der Waals surface area contributed by atoms with Crippen molar-refractivity contribution in [2.24, 2.45) is 5.92 Å². The van der Waals surface area contributed by atoms with Gasteiger partial charge in [-0.1, -0.05) is 0 Å². The first-order valence-corrected chi connectivity index (χ1v) is 9.64. The van der Waals surface area contributed by atoms with Crippen LogP contribution in [0, 0.1) is 23.4 Å². The predicted molar refractivity (Wildman–Crippen MR) is 106 cm³/mol. The summed E-state index contributed by atoms with van der Waals surface area (Å²) < 4.78 is 41.7. The molecule has 0 atom stereocenters. The first-order chi connectivity index (χ1) is 14.0. The SMILES string of the molecule is CNC(=O)CNC[C@H]1C[C@H](c2c(-c3ccc(F)cc3)[nH]c3c(F)cc(F)cc32)C1. The highest BCUT2D eigenvalue weighted by Gasteiger charge is 2.34. The summed E-state index contributed by atoms with van der Waals surface area (Å²) in [7, 11) is 1.59. The molecule has 0 aliphatic heterocycles. The van der Waals surface area contributed by atoms with E-state index in [9.17, 15) is 18.0 Å². The lowest BCUT2D eigenvalue weighted by atomic mass is 9.70. The van der Waals surface area contributed by atoms with Gasteiger partial charge in [0, 0.05) is 18.5 Å². The number of likely N-dealkylation sites (N-methyl/N-ethyl adjacent to an activating group) is 1. The fraction of sp³-hybridized carbons (Fsp3) is 0.318. The molecule has 152 valence electrons. The summed E-state index contributed by atoms with van der Waals surface area (Å²) in [5.74, 6) is -1.16. The summed E-state index contributed by atoms with van der Waals surface area (Å²) >= 11 is 0. The number of amides is 1. The van der Waals surface area contributed by atoms with Gasteiger partial charge in [-0.25, -0.2) is 13.2 Å². The molecule has 2 aromatic carbocycles. The number of halogens is 3. The lowest BCUT2D eigenvalue weighted by molar-refractivity contribution is -0.119. The molecule has 3 aromatic rings. The Labute approximate surface area is 166 Å². The molecular weight excluding hydrogens is 379 g/mol. The summed E-state index contributed by atoms with van der Waals surface area (Å²) in [6.07, 6.45) is 1.69. The van der Waals surface area contributed by atoms with E-state index < -0.39 is 11.6 Å². The molecule has 1 heterocycles. The number of nitrogens with one attached hydrogen (secondary N) is 3. The van der Waals surface area contributed by atoms with E-state index in [4.69, 9.17) is 0 Å². The van der Waals surface area contributed by atoms with Crippen molar-refractivity contribution in [1.29, 1.82) is 0 Å². The van der Waals surface area contributed by atoms with Crippen molar-refractivity contribution >= 4 is 16.8 Å². The number of hydrogen-bond acceptors (Lipinski definition) is 2. The number of H-pyrrole nitrogens is 1. The summed E-state index contributed by atoms with van der Waals surface area (Å²) in [5.41, 5.74) is 2.57. The van der Waals surface area contributed by atoms with Gasteiger partial charge in [-0.3, -0.25) is 4.79 Å². The minimum atomic E-state index is -0.641. The highest BCUT2D eigenvalue weighted by atomic mass is 19.1. The summed E-state index contributed by atoms with van der Waals surface area (Å²) in [6, 6.07) is 8.21. The summed E-state index contributed by atoms with van der Waals surface area (Å²) in [6.45, 7) is 0.975. The Morgan fingerprint density at radius 3 is 2.52 bits per heavy atom. The van der Waals surface area contributed by atoms with Crippen molar-refractivity contribution in [2.75, 3.05) is 20.1 Å². The summed E-state index contributed by atoms with van der Waals surface area (Å²) in [4.78, 5) is 14.4. The predicted octanol–water partition coefficient (Wildman–Crippen LogP) is 4.08. The second-order valence-electron chi connectivity index (χ2n) is 7.57. The van der Waals surface area contributed by atoms with Gasteiger partial charge in [0.05, 0.1) is 17.8 Å². The molecular formula is C22H22F3N3O. The number of aromatic nitrogens is 1. The van der Waals surface area contributed by atoms with Crippen LogP contribution in [0.4, 0.5) is 13.2 Å². The third-order valence-electron chi connectivity index (χ3n) is 5.64. The average Bonchev–Trinajstić information content (AvgIpc) is 3.03. The molecule has 1 aromatic heterocycles. The number of fused-ring (bicyclic) bond motifs is 1. The van der Waals surface area contributed by atoms with Crippen molar-refractivity contribution in [1.82, 2.24) is 15.6 Å². The molecule has 4 rings (SSSR count). The quantitative estimate of drug-likeness (QED) is 0.583. The lowest BCUT2D eigenvalue weighted by Gasteiger charge is -2.36. The third kappa shape index (κ3) is 3.87. The van der Waals surface area contributed by atoms with Crippen LogP contribution in [0.1, 0.15) is 24.3 Å². The number of rotatable bonds is 6. The van der Waals surface area contributed by atoms with Crippen molar-refractivity contribution in [3.05, 3.63) is 59.4 Å². The van der Waals surface area contributed by atoms with Crippen molar-refractivity contribution in [2.45, 2.75) is 18.8 Å². The smallest absolute Gasteiger partial charge is 0.233 e. The molecule has 29 heavy (non-hydrogen) atoms. The molecule has 1 aliphatic carbocycles. The zero-order valence-corrected chi connectivity index (χ0v) is 16.0. The second-order valence-corrected chi connectivity index (χ2v) is 7.57. The van der Waals surface area contributed by atoms with Gasteiger partial charge < -0.3 is 15.6 Å². The Balaban J connectivity index is 1.62. The maximum atomic E-state index is 14.4. The minimum absolute atomic E-state index is 0.0675. The molecule has 3 N–H and O–H groups in total. The van der Waals surface area contributed by atoms with E-state index in [0.29, 0.717) is 23.5 Å². The van der Waals surface area contributed by atoms with Gasteiger partial charge in [0.15, 0.2) is 0 Å². The third-order valence-corrected chi connectivity index (χ3v) is 5.64. The van der Waals surface area contributed by atoms with Gasteiger partial charge in [-0.15, -0.1) is 0 Å². The zero-order valence-electron chi connectivity index (χ0n) is 16.0. The molecule has 7 heteroatoms. The van der Waals surface area contributed by atoms with Gasteiger partial charge >= 0.3 is 0 Å². The molecule has 0 bridgehead atoms. The molecule has 4 nitrogen and oxygen atoms in total. The monoisotopic (exact) mass is 401 g/mol. The van der Waals surface area contributed by atoms with E-state index >= 15 is 0 Å². The highest BCUT2D eigenvalue weighted by Crippen LogP contribution is 2.48. The second kappa shape index (κ2) is 7.91. The molecule has 0 unspecified atom stereocenters. The lowest BCUT2D eigenvalue weighted by Crippen LogP contribution is -2.37. The van der Waals surface area contributed by atoms with E-state index in [0.717, 1.165) is 30.0 Å². The standard InChI is InChI=1S/C22H22F3N3O/c1-26-19(29)11-27-10-12-6-14(7-12)20-17-8-16(24)9-18(25)22(17)28-21(20)13-2-4-15(23)5-3-13/h2-5,8-9,12,14,27-28H,6-7,10-11H2,1H3,(H,26,29)/t12-,14-. The van der Waals surface area contributed by atoms with Crippen molar-refractivity contribution in [3.8, 4) is 11.3 Å². The van der Waals surface area contributed by atoms with Gasteiger partial charge in [0.1, 0.15) is 17.5 Å². The summed E-state index contributed by atoms with van der Waals surface area (Å²) in [5, 5.41) is 6.22. The zero-order chi connectivity index (χ0) is 20.5. The Bertz CT molecular complexity index is 1040. The number of carbonyl (C=O) groups is 1. The largest absolute Gasteiger partial charge is 0.358 e. The number of carbonyl (C=O) groups excluding carboxylic acids is 1. The van der Waals surface area contributed by atoms with Crippen LogP contribution in [0.5, 0.6) is 0 Å². The maximum absolute atomic E-state index is 14.4. The Morgan fingerprint density at radius 2 is 1.83 bits per heavy atom. The van der Waals surface area contributed by atoms with Crippen LogP contribution in [0.15, 0.2) is 36.4 Å². The molecule has 0 saturated heterocycles. The van der Waals surface area contributed by atoms with E-state index in [1.54, 1.807) is 19.2 Å². The number of hydrogen-bond donors (Lipinski definition) is 3. The highest BCUT2D eigenvalue weighted by molar-refractivity contribution is 5.92. The van der Waals surface area contributed by atoms with E-state index in [1.165, 1.54) is 18.2 Å². The first-order valence-electron chi connectivity index (χ1n) is 9.64. The van der Waals surface area contributed by atoms with Gasteiger partial charge in [-0.2, -0.15) is 0 Å². The van der Waals surface area contributed by atoms with E-state index in [1.807, 2.05) is 0 Å². The van der Waals surface area contributed by atoms with Crippen LogP contribution in [-0.4, -0.2) is 31.0 Å². The molecule has 1 fully saturated rings. The molecule has 1 amide bonds. The normalized spacial score (nSPS) is 18.6. The fourth-order valence-corrected chi connectivity index (χ4v) is 4.12. The molecule has 1 aliphatic rings. The van der Waals surface area contributed by atoms with Gasteiger partial charge in [0.2, 0.25) is 5.91 Å². The van der Waals surface area contributed by atoms with Crippen LogP contribution in [0.2, 0.25) is 0 Å². The number of benzene rings is 2. The molecule has 0 spiro atoms. The van der Waals surface area contributed by atoms with Gasteiger partial charge in [0.25, 0.3) is 0 Å². The van der Waals surface area contributed by atoms with Crippen LogP contribution in [-0.2, 0) is 4.79 Å². The van der Waals surface area contributed by atoms with Crippen LogP contribution in [0.3, 0.4) is 0 Å². The molecule has 0 radical (unpaired) electrons. The van der Waals surface area contributed by atoms with E-state index in [-0.39, 0.29) is 29.7 Å². The van der Waals surface area contributed by atoms with Crippen LogP contribution >= 0.6 is 0 Å². The minimum Gasteiger partial charge on any atom is -0.358 e. The van der Waals surface area contributed by atoms with Crippen LogP contribution < -0.4 is 10.6 Å².